The molecule has 72 valence electrons. The van der Waals surface area contributed by atoms with Gasteiger partial charge < -0.3 is 5.73 Å². The van der Waals surface area contributed by atoms with Gasteiger partial charge in [0.15, 0.2) is 0 Å². The van der Waals surface area contributed by atoms with E-state index in [1.54, 1.807) is 10.9 Å². The number of anilines is 1. The van der Waals surface area contributed by atoms with Gasteiger partial charge in [0.2, 0.25) is 0 Å². The Kier molecular flexibility index (Phi) is 2.29. The van der Waals surface area contributed by atoms with Crippen molar-refractivity contribution in [3.8, 4) is 5.69 Å². The van der Waals surface area contributed by atoms with E-state index in [2.05, 4.69) is 21.0 Å². The zero-order valence-corrected chi connectivity index (χ0v) is 9.32. The lowest BCUT2D eigenvalue weighted by atomic mass is 10.3. The highest BCUT2D eigenvalue weighted by molar-refractivity contribution is 9.10. The van der Waals surface area contributed by atoms with Crippen LogP contribution in [0.1, 0.15) is 5.56 Å². The van der Waals surface area contributed by atoms with E-state index in [1.165, 1.54) is 0 Å². The Labute approximate surface area is 90.7 Å². The first kappa shape index (κ1) is 9.27. The number of hydrogen-bond donors (Lipinski definition) is 1. The number of para-hydroxylation sites is 1. The summed E-state index contributed by atoms with van der Waals surface area (Å²) in [5.41, 5.74) is 8.63. The molecule has 14 heavy (non-hydrogen) atoms. The maximum atomic E-state index is 5.92. The van der Waals surface area contributed by atoms with Gasteiger partial charge in [-0.1, -0.05) is 6.07 Å². The van der Waals surface area contributed by atoms with E-state index >= 15 is 0 Å². The molecule has 0 amide bonds. The number of aromatic nitrogens is 2. The van der Waals surface area contributed by atoms with Crippen molar-refractivity contribution in [1.82, 2.24) is 9.78 Å². The number of nitrogen functional groups attached to an aromatic ring is 1. The van der Waals surface area contributed by atoms with Gasteiger partial charge in [0, 0.05) is 10.7 Å². The van der Waals surface area contributed by atoms with Gasteiger partial charge in [-0.3, -0.25) is 0 Å². The Morgan fingerprint density at radius 3 is 2.86 bits per heavy atom. The van der Waals surface area contributed by atoms with Crippen LogP contribution in [0.5, 0.6) is 0 Å². The van der Waals surface area contributed by atoms with Gasteiger partial charge >= 0.3 is 0 Å². The highest BCUT2D eigenvalue weighted by Gasteiger charge is 2.04. The predicted octanol–water partition coefficient (Wildman–Crippen LogP) is 2.53. The predicted molar refractivity (Wildman–Crippen MR) is 60.4 cm³/mol. The highest BCUT2D eigenvalue weighted by atomic mass is 79.9. The Hall–Kier alpha value is -1.29. The molecule has 0 saturated carbocycles. The average molecular weight is 252 g/mol. The molecule has 0 aliphatic rings. The molecule has 0 bridgehead atoms. The molecule has 0 radical (unpaired) electrons. The Morgan fingerprint density at radius 1 is 1.43 bits per heavy atom. The Morgan fingerprint density at radius 2 is 2.21 bits per heavy atom. The van der Waals surface area contributed by atoms with Gasteiger partial charge in [0.25, 0.3) is 0 Å². The second kappa shape index (κ2) is 3.46. The summed E-state index contributed by atoms with van der Waals surface area (Å²) in [5.74, 6) is 0. The lowest BCUT2D eigenvalue weighted by molar-refractivity contribution is 0.882. The number of aryl methyl sites for hydroxylation is 1. The third-order valence-electron chi connectivity index (χ3n) is 1.99. The molecule has 1 heterocycles. The molecule has 0 spiro atoms. The smallest absolute Gasteiger partial charge is 0.0886 e. The molecule has 0 aliphatic heterocycles. The molecule has 3 nitrogen and oxygen atoms in total. The highest BCUT2D eigenvalue weighted by Crippen LogP contribution is 2.25. The maximum absolute atomic E-state index is 5.92. The van der Waals surface area contributed by atoms with Crippen LogP contribution in [-0.2, 0) is 0 Å². The summed E-state index contributed by atoms with van der Waals surface area (Å²) in [6, 6.07) is 5.79. The zero-order chi connectivity index (χ0) is 10.1. The molecule has 2 N–H and O–H groups in total. The van der Waals surface area contributed by atoms with Crippen LogP contribution in [0.2, 0.25) is 0 Å². The SMILES string of the molecule is Cc1cnn(-c2cccc(Br)c2N)c1. The Balaban J connectivity index is 2.57. The van der Waals surface area contributed by atoms with Crippen molar-refractivity contribution >= 4 is 21.6 Å². The first-order valence-electron chi connectivity index (χ1n) is 4.24. The Bertz CT molecular complexity index is 462. The number of benzene rings is 1. The van der Waals surface area contributed by atoms with Crippen LogP contribution in [0.25, 0.3) is 5.69 Å². The van der Waals surface area contributed by atoms with Crippen LogP contribution in [0.4, 0.5) is 5.69 Å². The number of nitrogens with zero attached hydrogens (tertiary/aromatic N) is 2. The van der Waals surface area contributed by atoms with E-state index < -0.39 is 0 Å². The maximum Gasteiger partial charge on any atom is 0.0886 e. The molecule has 2 aromatic rings. The zero-order valence-electron chi connectivity index (χ0n) is 7.74. The van der Waals surface area contributed by atoms with Gasteiger partial charge in [-0.15, -0.1) is 0 Å². The average Bonchev–Trinajstić information content (AvgIpc) is 2.57. The number of hydrogen-bond acceptors (Lipinski definition) is 2. The summed E-state index contributed by atoms with van der Waals surface area (Å²) in [4.78, 5) is 0. The van der Waals surface area contributed by atoms with Crippen LogP contribution < -0.4 is 5.73 Å². The van der Waals surface area contributed by atoms with Crippen LogP contribution in [-0.4, -0.2) is 9.78 Å². The largest absolute Gasteiger partial charge is 0.396 e. The van der Waals surface area contributed by atoms with E-state index in [0.29, 0.717) is 5.69 Å². The molecular formula is C10H10BrN3. The summed E-state index contributed by atoms with van der Waals surface area (Å²) < 4.78 is 2.67. The molecule has 0 unspecified atom stereocenters. The minimum Gasteiger partial charge on any atom is -0.396 e. The third kappa shape index (κ3) is 1.53. The number of nitrogens with two attached hydrogens (primary N) is 1. The normalized spacial score (nSPS) is 10.4. The molecule has 1 aromatic heterocycles. The van der Waals surface area contributed by atoms with Crippen molar-refractivity contribution in [3.63, 3.8) is 0 Å². The quantitative estimate of drug-likeness (QED) is 0.792. The minimum absolute atomic E-state index is 0.704. The van der Waals surface area contributed by atoms with Crippen LogP contribution >= 0.6 is 15.9 Å². The van der Waals surface area contributed by atoms with Crippen molar-refractivity contribution in [2.45, 2.75) is 6.92 Å². The van der Waals surface area contributed by atoms with Gasteiger partial charge in [-0.05, 0) is 40.5 Å². The lowest BCUT2D eigenvalue weighted by Gasteiger charge is -2.06. The van der Waals surface area contributed by atoms with Gasteiger partial charge in [-0.2, -0.15) is 5.10 Å². The lowest BCUT2D eigenvalue weighted by Crippen LogP contribution is -2.00. The fourth-order valence-corrected chi connectivity index (χ4v) is 1.63. The first-order chi connectivity index (χ1) is 6.68. The second-order valence-electron chi connectivity index (χ2n) is 3.13. The molecule has 2 rings (SSSR count). The molecule has 1 aromatic carbocycles. The summed E-state index contributed by atoms with van der Waals surface area (Å²) in [5, 5.41) is 4.20. The van der Waals surface area contributed by atoms with E-state index in [4.69, 9.17) is 5.73 Å². The van der Waals surface area contributed by atoms with Crippen molar-refractivity contribution in [2.24, 2.45) is 0 Å². The molecule has 4 heteroatoms. The van der Waals surface area contributed by atoms with Crippen LogP contribution in [0, 0.1) is 6.92 Å². The fourth-order valence-electron chi connectivity index (χ4n) is 1.27. The topological polar surface area (TPSA) is 43.8 Å². The minimum atomic E-state index is 0.704. The molecular weight excluding hydrogens is 242 g/mol. The number of halogens is 1. The first-order valence-corrected chi connectivity index (χ1v) is 5.03. The van der Waals surface area contributed by atoms with Crippen molar-refractivity contribution in [3.05, 3.63) is 40.6 Å². The van der Waals surface area contributed by atoms with Crippen molar-refractivity contribution in [2.75, 3.05) is 5.73 Å². The molecule has 0 aliphatic carbocycles. The van der Waals surface area contributed by atoms with Gasteiger partial charge in [0.05, 0.1) is 17.6 Å². The molecule has 0 atom stereocenters. The van der Waals surface area contributed by atoms with Gasteiger partial charge in [0.1, 0.15) is 0 Å². The second-order valence-corrected chi connectivity index (χ2v) is 3.99. The molecule has 0 fully saturated rings. The molecule has 0 saturated heterocycles. The fraction of sp³-hybridized carbons (Fsp3) is 0.100. The van der Waals surface area contributed by atoms with E-state index in [0.717, 1.165) is 15.7 Å². The standard InChI is InChI=1S/C10H10BrN3/c1-7-5-13-14(6-7)9-4-2-3-8(11)10(9)12/h2-6H,12H2,1H3. The van der Waals surface area contributed by atoms with Crippen LogP contribution in [0.15, 0.2) is 35.1 Å². The van der Waals surface area contributed by atoms with Crippen molar-refractivity contribution < 1.29 is 0 Å². The van der Waals surface area contributed by atoms with E-state index in [-0.39, 0.29) is 0 Å². The summed E-state index contributed by atoms with van der Waals surface area (Å²) >= 11 is 3.38. The summed E-state index contributed by atoms with van der Waals surface area (Å²) in [6.45, 7) is 2.00. The summed E-state index contributed by atoms with van der Waals surface area (Å²) in [6.07, 6.45) is 3.75. The van der Waals surface area contributed by atoms with E-state index in [1.807, 2.05) is 31.3 Å². The van der Waals surface area contributed by atoms with Crippen LogP contribution in [0.3, 0.4) is 0 Å². The third-order valence-corrected chi connectivity index (χ3v) is 2.68. The summed E-state index contributed by atoms with van der Waals surface area (Å²) in [7, 11) is 0. The number of rotatable bonds is 1. The monoisotopic (exact) mass is 251 g/mol. The van der Waals surface area contributed by atoms with Gasteiger partial charge in [-0.25, -0.2) is 4.68 Å². The van der Waals surface area contributed by atoms with E-state index in [9.17, 15) is 0 Å². The van der Waals surface area contributed by atoms with Crippen molar-refractivity contribution in [1.29, 1.82) is 0 Å².